The minimum absolute atomic E-state index is 0.0167. The van der Waals surface area contributed by atoms with Crippen LogP contribution in [0.2, 0.25) is 0 Å². The van der Waals surface area contributed by atoms with Gasteiger partial charge in [-0.05, 0) is 30.3 Å². The van der Waals surface area contributed by atoms with Crippen molar-refractivity contribution < 1.29 is 26.8 Å². The van der Waals surface area contributed by atoms with Gasteiger partial charge in [0.1, 0.15) is 28.4 Å². The van der Waals surface area contributed by atoms with Crippen molar-refractivity contribution in [2.75, 3.05) is 13.7 Å². The first kappa shape index (κ1) is 24.8. The van der Waals surface area contributed by atoms with Crippen LogP contribution in [0.5, 0.6) is 5.75 Å². The Morgan fingerprint density at radius 3 is 2.68 bits per heavy atom. The number of aromatic nitrogens is 1. The molecule has 0 fully saturated rings. The molecule has 1 atom stereocenters. The minimum Gasteiger partial charge on any atom is -0.496 e. The van der Waals surface area contributed by atoms with E-state index in [1.807, 2.05) is 18.2 Å². The summed E-state index contributed by atoms with van der Waals surface area (Å²) in [5.41, 5.74) is 1.68. The molecule has 2 heterocycles. The maximum atomic E-state index is 14.6. The summed E-state index contributed by atoms with van der Waals surface area (Å²) in [6.07, 6.45) is 1.19. The van der Waals surface area contributed by atoms with E-state index in [4.69, 9.17) is 9.57 Å². The molecule has 0 amide bonds. The first-order chi connectivity index (χ1) is 17.9. The third kappa shape index (κ3) is 5.03. The van der Waals surface area contributed by atoms with Crippen molar-refractivity contribution in [3.63, 3.8) is 0 Å². The second-order valence-electron chi connectivity index (χ2n) is 8.53. The molecule has 7 nitrogen and oxygen atoms in total. The lowest BCUT2D eigenvalue weighted by Crippen LogP contribution is -2.37. The number of oxime groups is 1. The number of hydrogen-bond donors (Lipinski definition) is 0. The lowest BCUT2D eigenvalue weighted by Gasteiger charge is -2.25. The van der Waals surface area contributed by atoms with Crippen molar-refractivity contribution in [2.45, 2.75) is 24.0 Å². The standard InChI is InChI=1S/C27H23F2N3O4S/c1-35-25-9-3-2-8-22(25)24-15-21(36-31-24)17-32(16-19-11-12-20(28)14-23(19)29)37(33,34)26-10-4-6-18-7-5-13-30-27(18)26/h2-14,21H,15-17H2,1H3. The van der Waals surface area contributed by atoms with Crippen LogP contribution < -0.4 is 4.74 Å². The topological polar surface area (TPSA) is 81.1 Å². The predicted octanol–water partition coefficient (Wildman–Crippen LogP) is 4.91. The van der Waals surface area contributed by atoms with Gasteiger partial charge >= 0.3 is 0 Å². The molecule has 0 N–H and O–H groups in total. The molecule has 0 aliphatic carbocycles. The average molecular weight is 524 g/mol. The first-order valence-electron chi connectivity index (χ1n) is 11.5. The van der Waals surface area contributed by atoms with E-state index in [9.17, 15) is 17.2 Å². The quantitative estimate of drug-likeness (QED) is 0.328. The van der Waals surface area contributed by atoms with Gasteiger partial charge in [-0.1, -0.05) is 41.6 Å². The number of rotatable bonds is 8. The Morgan fingerprint density at radius 1 is 1.05 bits per heavy atom. The van der Waals surface area contributed by atoms with Gasteiger partial charge in [-0.25, -0.2) is 17.2 Å². The highest BCUT2D eigenvalue weighted by Gasteiger charge is 2.33. The molecule has 0 bridgehead atoms. The van der Waals surface area contributed by atoms with Gasteiger partial charge in [-0.2, -0.15) is 4.31 Å². The van der Waals surface area contributed by atoms with Gasteiger partial charge in [0.05, 0.1) is 24.9 Å². The van der Waals surface area contributed by atoms with E-state index in [1.165, 1.54) is 18.3 Å². The number of ether oxygens (including phenoxy) is 1. The molecular weight excluding hydrogens is 500 g/mol. The molecule has 5 rings (SSSR count). The maximum absolute atomic E-state index is 14.6. The van der Waals surface area contributed by atoms with Crippen molar-refractivity contribution in [3.8, 4) is 5.75 Å². The van der Waals surface area contributed by atoms with Gasteiger partial charge in [0.25, 0.3) is 0 Å². The molecule has 1 aromatic heterocycles. The number of sulfonamides is 1. The van der Waals surface area contributed by atoms with Crippen LogP contribution in [-0.2, 0) is 21.4 Å². The first-order valence-corrected chi connectivity index (χ1v) is 12.9. The van der Waals surface area contributed by atoms with Crippen molar-refractivity contribution in [1.82, 2.24) is 9.29 Å². The van der Waals surface area contributed by atoms with Gasteiger partial charge in [-0.3, -0.25) is 4.98 Å². The molecule has 190 valence electrons. The van der Waals surface area contributed by atoms with Crippen LogP contribution in [0.25, 0.3) is 10.9 Å². The summed E-state index contributed by atoms with van der Waals surface area (Å²) in [5, 5.41) is 4.82. The second-order valence-corrected chi connectivity index (χ2v) is 10.4. The van der Waals surface area contributed by atoms with Gasteiger partial charge < -0.3 is 9.57 Å². The van der Waals surface area contributed by atoms with Crippen LogP contribution >= 0.6 is 0 Å². The van der Waals surface area contributed by atoms with Crippen molar-refractivity contribution in [2.24, 2.45) is 5.16 Å². The van der Waals surface area contributed by atoms with E-state index in [1.54, 1.807) is 37.4 Å². The Kier molecular flexibility index (Phi) is 6.86. The zero-order chi connectivity index (χ0) is 26.0. The largest absolute Gasteiger partial charge is 0.496 e. The van der Waals surface area contributed by atoms with Crippen LogP contribution in [-0.4, -0.2) is 43.2 Å². The number of pyridine rings is 1. The summed E-state index contributed by atoms with van der Waals surface area (Å²) in [6.45, 7) is -0.452. The fraction of sp³-hybridized carbons (Fsp3) is 0.185. The smallest absolute Gasteiger partial charge is 0.245 e. The molecule has 3 aromatic carbocycles. The summed E-state index contributed by atoms with van der Waals surface area (Å²) < 4.78 is 62.5. The number of hydrogen-bond acceptors (Lipinski definition) is 6. The Hall–Kier alpha value is -3.89. The Labute approximate surface area is 213 Å². The van der Waals surface area contributed by atoms with Crippen LogP contribution in [0.1, 0.15) is 17.5 Å². The van der Waals surface area contributed by atoms with Crippen molar-refractivity contribution in [1.29, 1.82) is 0 Å². The van der Waals surface area contributed by atoms with Gasteiger partial charge in [0, 0.05) is 41.7 Å². The van der Waals surface area contributed by atoms with Crippen molar-refractivity contribution in [3.05, 3.63) is 102 Å². The lowest BCUT2D eigenvalue weighted by molar-refractivity contribution is 0.0692. The molecule has 1 aliphatic rings. The number of fused-ring (bicyclic) bond motifs is 1. The minimum atomic E-state index is -4.18. The summed E-state index contributed by atoms with van der Waals surface area (Å²) in [4.78, 5) is 9.87. The van der Waals surface area contributed by atoms with E-state index in [0.29, 0.717) is 28.8 Å². The third-order valence-electron chi connectivity index (χ3n) is 6.13. The fourth-order valence-corrected chi connectivity index (χ4v) is 5.92. The summed E-state index contributed by atoms with van der Waals surface area (Å²) in [5.74, 6) is -0.970. The molecular formula is C27H23F2N3O4S. The van der Waals surface area contributed by atoms with Gasteiger partial charge in [0.15, 0.2) is 0 Å². The van der Waals surface area contributed by atoms with Crippen molar-refractivity contribution >= 4 is 26.6 Å². The molecule has 1 aliphatic heterocycles. The number of methoxy groups -OCH3 is 1. The molecule has 37 heavy (non-hydrogen) atoms. The van der Waals surface area contributed by atoms with E-state index >= 15 is 0 Å². The lowest BCUT2D eigenvalue weighted by atomic mass is 10.0. The Morgan fingerprint density at radius 2 is 1.86 bits per heavy atom. The monoisotopic (exact) mass is 523 g/mol. The van der Waals surface area contributed by atoms with E-state index in [0.717, 1.165) is 22.0 Å². The second kappa shape index (κ2) is 10.2. The Balaban J connectivity index is 1.48. The van der Waals surface area contributed by atoms with Crippen LogP contribution in [0, 0.1) is 11.6 Å². The Bertz CT molecular complexity index is 1590. The third-order valence-corrected chi connectivity index (χ3v) is 7.98. The SMILES string of the molecule is COc1ccccc1C1=NOC(CN(Cc2ccc(F)cc2F)S(=O)(=O)c2cccc3cccnc23)C1. The van der Waals surface area contributed by atoms with Crippen LogP contribution in [0.3, 0.4) is 0 Å². The maximum Gasteiger partial charge on any atom is 0.245 e. The van der Waals surface area contributed by atoms with E-state index < -0.39 is 27.8 Å². The normalized spacial score (nSPS) is 15.6. The highest BCUT2D eigenvalue weighted by atomic mass is 32.2. The zero-order valence-electron chi connectivity index (χ0n) is 19.8. The number of benzene rings is 3. The molecule has 4 aromatic rings. The molecule has 0 spiro atoms. The van der Waals surface area contributed by atoms with Crippen LogP contribution in [0.15, 0.2) is 89.0 Å². The zero-order valence-corrected chi connectivity index (χ0v) is 20.7. The average Bonchev–Trinajstić information content (AvgIpc) is 3.37. The van der Waals surface area contributed by atoms with E-state index in [-0.39, 0.29) is 23.5 Å². The van der Waals surface area contributed by atoms with Gasteiger partial charge in [0.2, 0.25) is 10.0 Å². The molecule has 1 unspecified atom stereocenters. The molecule has 0 radical (unpaired) electrons. The molecule has 0 saturated carbocycles. The molecule has 10 heteroatoms. The fourth-order valence-electron chi connectivity index (χ4n) is 4.31. The number of nitrogens with zero attached hydrogens (tertiary/aromatic N) is 3. The van der Waals surface area contributed by atoms with E-state index in [2.05, 4.69) is 10.1 Å². The van der Waals surface area contributed by atoms with Crippen LogP contribution in [0.4, 0.5) is 8.78 Å². The summed E-state index contributed by atoms with van der Waals surface area (Å²) >= 11 is 0. The highest BCUT2D eigenvalue weighted by Crippen LogP contribution is 2.29. The number of para-hydroxylation sites is 2. The molecule has 0 saturated heterocycles. The predicted molar refractivity (Wildman–Crippen MR) is 135 cm³/mol. The summed E-state index contributed by atoms with van der Waals surface area (Å²) in [7, 11) is -2.63. The number of halogens is 2. The summed E-state index contributed by atoms with van der Waals surface area (Å²) in [6, 6.07) is 18.7. The van der Waals surface area contributed by atoms with Gasteiger partial charge in [-0.15, -0.1) is 0 Å². The highest BCUT2D eigenvalue weighted by molar-refractivity contribution is 7.89.